The molecule has 0 aliphatic carbocycles. The number of carbonyl (C=O) groups excluding carboxylic acids is 1. The Morgan fingerprint density at radius 3 is 2.56 bits per heavy atom. The van der Waals surface area contributed by atoms with Crippen LogP contribution < -0.4 is 14.7 Å². The van der Waals surface area contributed by atoms with Crippen molar-refractivity contribution >= 4 is 23.3 Å². The van der Waals surface area contributed by atoms with Crippen LogP contribution in [0.3, 0.4) is 0 Å². The van der Waals surface area contributed by atoms with Gasteiger partial charge in [0.05, 0.1) is 24.5 Å². The number of aliphatic hydroxyl groups is 1. The van der Waals surface area contributed by atoms with Gasteiger partial charge < -0.3 is 19.6 Å². The van der Waals surface area contributed by atoms with Crippen LogP contribution in [-0.2, 0) is 4.74 Å². The van der Waals surface area contributed by atoms with E-state index < -0.39 is 12.2 Å². The Bertz CT molecular complexity index is 812. The lowest BCUT2D eigenvalue weighted by molar-refractivity contribution is 0.0963. The summed E-state index contributed by atoms with van der Waals surface area (Å²) < 4.78 is 19.7. The third-order valence-corrected chi connectivity index (χ3v) is 4.91. The first kappa shape index (κ1) is 17.5. The van der Waals surface area contributed by atoms with E-state index in [-0.39, 0.29) is 19.0 Å². The molecular formula is C19H21FN4O3. The summed E-state index contributed by atoms with van der Waals surface area (Å²) in [5.41, 5.74) is 0.954. The quantitative estimate of drug-likeness (QED) is 0.884. The summed E-state index contributed by atoms with van der Waals surface area (Å²) in [6.07, 6.45) is 0.634. The molecule has 0 saturated carbocycles. The molecule has 7 nitrogen and oxygen atoms in total. The predicted molar refractivity (Wildman–Crippen MR) is 99.8 cm³/mol. The smallest absolute Gasteiger partial charge is 0.414 e. The van der Waals surface area contributed by atoms with E-state index in [0.29, 0.717) is 24.5 Å². The monoisotopic (exact) mass is 372 g/mol. The van der Waals surface area contributed by atoms with Crippen LogP contribution in [0.5, 0.6) is 0 Å². The number of rotatable bonds is 4. The molecule has 2 aliphatic heterocycles. The van der Waals surface area contributed by atoms with Crippen LogP contribution in [0.2, 0.25) is 0 Å². The molecule has 0 radical (unpaired) electrons. The maximum absolute atomic E-state index is 14.7. The fourth-order valence-electron chi connectivity index (χ4n) is 3.46. The van der Waals surface area contributed by atoms with Crippen LogP contribution >= 0.6 is 0 Å². The lowest BCUT2D eigenvalue weighted by Crippen LogP contribution is -2.47. The number of aliphatic hydroxyl groups excluding tert-OH is 1. The molecule has 8 heteroatoms. The maximum Gasteiger partial charge on any atom is 0.414 e. The second-order valence-corrected chi connectivity index (χ2v) is 6.60. The van der Waals surface area contributed by atoms with Gasteiger partial charge in [-0.05, 0) is 30.3 Å². The highest BCUT2D eigenvalue weighted by Gasteiger charge is 2.32. The summed E-state index contributed by atoms with van der Waals surface area (Å²) in [5.74, 6) is 0.554. The van der Waals surface area contributed by atoms with E-state index in [1.165, 1.54) is 11.0 Å². The standard InChI is InChI=1S/C19H21FN4O3/c20-16-11-14(24-12-15(13-25)27-19(24)26)4-5-17(16)22-7-9-23(10-8-22)18-3-1-2-6-21-18/h1-6,11,15,25H,7-10,12-13H2/t15-/m1/s1. The first-order valence-corrected chi connectivity index (χ1v) is 8.95. The van der Waals surface area contributed by atoms with Gasteiger partial charge in [-0.3, -0.25) is 4.90 Å². The zero-order valence-electron chi connectivity index (χ0n) is 14.8. The molecule has 1 aromatic heterocycles. The lowest BCUT2D eigenvalue weighted by Gasteiger charge is -2.37. The van der Waals surface area contributed by atoms with Crippen molar-refractivity contribution in [1.29, 1.82) is 0 Å². The number of aromatic nitrogens is 1. The Morgan fingerprint density at radius 2 is 1.93 bits per heavy atom. The summed E-state index contributed by atoms with van der Waals surface area (Å²) in [6.45, 7) is 2.86. The number of cyclic esters (lactones) is 1. The molecule has 1 N–H and O–H groups in total. The lowest BCUT2D eigenvalue weighted by atomic mass is 10.2. The Kier molecular flexibility index (Phi) is 4.81. The largest absolute Gasteiger partial charge is 0.441 e. The number of ether oxygens (including phenoxy) is 1. The average molecular weight is 372 g/mol. The van der Waals surface area contributed by atoms with Gasteiger partial charge >= 0.3 is 6.09 Å². The number of piperazine rings is 1. The number of halogens is 1. The Hall–Kier alpha value is -2.87. The summed E-state index contributed by atoms with van der Waals surface area (Å²) in [7, 11) is 0. The molecule has 4 rings (SSSR count). The molecule has 2 aliphatic rings. The van der Waals surface area contributed by atoms with Gasteiger partial charge in [-0.1, -0.05) is 6.07 Å². The molecule has 1 amide bonds. The van der Waals surface area contributed by atoms with Crippen molar-refractivity contribution in [1.82, 2.24) is 4.98 Å². The minimum absolute atomic E-state index is 0.219. The van der Waals surface area contributed by atoms with Crippen molar-refractivity contribution in [3.63, 3.8) is 0 Å². The minimum atomic E-state index is -0.570. The van der Waals surface area contributed by atoms with Gasteiger partial charge in [0.1, 0.15) is 17.7 Å². The molecule has 0 spiro atoms. The molecule has 27 heavy (non-hydrogen) atoms. The normalized spacial score (nSPS) is 20.1. The number of hydrogen-bond acceptors (Lipinski definition) is 6. The second-order valence-electron chi connectivity index (χ2n) is 6.60. The van der Waals surface area contributed by atoms with Gasteiger partial charge in [-0.25, -0.2) is 14.2 Å². The molecule has 1 atom stereocenters. The summed E-state index contributed by atoms with van der Waals surface area (Å²) in [4.78, 5) is 21.7. The van der Waals surface area contributed by atoms with Crippen molar-refractivity contribution in [2.45, 2.75) is 6.10 Å². The first-order chi connectivity index (χ1) is 13.2. The van der Waals surface area contributed by atoms with Gasteiger partial charge in [-0.2, -0.15) is 0 Å². The molecule has 2 fully saturated rings. The number of pyridine rings is 1. The number of amides is 1. The van der Waals surface area contributed by atoms with Crippen LogP contribution in [-0.4, -0.2) is 61.6 Å². The van der Waals surface area contributed by atoms with Gasteiger partial charge in [0.25, 0.3) is 0 Å². The second kappa shape index (κ2) is 7.40. The Balaban J connectivity index is 1.44. The number of nitrogens with zero attached hydrogens (tertiary/aromatic N) is 4. The number of anilines is 3. The van der Waals surface area contributed by atoms with Gasteiger partial charge in [0.2, 0.25) is 0 Å². The Labute approximate surface area is 156 Å². The fraction of sp³-hybridized carbons (Fsp3) is 0.368. The van der Waals surface area contributed by atoms with E-state index in [1.54, 1.807) is 18.3 Å². The highest BCUT2D eigenvalue weighted by Crippen LogP contribution is 2.28. The third kappa shape index (κ3) is 3.52. The molecule has 2 aromatic rings. The number of benzene rings is 1. The molecule has 0 unspecified atom stereocenters. The Morgan fingerprint density at radius 1 is 1.15 bits per heavy atom. The first-order valence-electron chi connectivity index (χ1n) is 8.95. The zero-order chi connectivity index (χ0) is 18.8. The van der Waals surface area contributed by atoms with Gasteiger partial charge in [0, 0.05) is 32.4 Å². The van der Waals surface area contributed by atoms with Gasteiger partial charge in [-0.15, -0.1) is 0 Å². The molecular weight excluding hydrogens is 351 g/mol. The summed E-state index contributed by atoms with van der Waals surface area (Å²) in [5, 5.41) is 9.13. The highest BCUT2D eigenvalue weighted by molar-refractivity contribution is 5.90. The van der Waals surface area contributed by atoms with Crippen molar-refractivity contribution in [2.24, 2.45) is 0 Å². The SMILES string of the molecule is O=C1O[C@@H](CO)CN1c1ccc(N2CCN(c3ccccn3)CC2)c(F)c1. The zero-order valence-corrected chi connectivity index (χ0v) is 14.8. The molecule has 2 saturated heterocycles. The fourth-order valence-corrected chi connectivity index (χ4v) is 3.46. The van der Waals surface area contributed by atoms with Crippen molar-refractivity contribution in [3.05, 3.63) is 48.4 Å². The van der Waals surface area contributed by atoms with E-state index in [2.05, 4.69) is 9.88 Å². The molecule has 1 aromatic carbocycles. The van der Waals surface area contributed by atoms with E-state index in [9.17, 15) is 9.18 Å². The molecule has 3 heterocycles. The van der Waals surface area contributed by atoms with Crippen LogP contribution in [0.1, 0.15) is 0 Å². The van der Waals surface area contributed by atoms with E-state index in [1.807, 2.05) is 23.1 Å². The highest BCUT2D eigenvalue weighted by atomic mass is 19.1. The van der Waals surface area contributed by atoms with Crippen LogP contribution in [0.4, 0.5) is 26.4 Å². The van der Waals surface area contributed by atoms with E-state index in [0.717, 1.165) is 18.9 Å². The number of carbonyl (C=O) groups is 1. The number of hydrogen-bond donors (Lipinski definition) is 1. The van der Waals surface area contributed by atoms with Crippen LogP contribution in [0.25, 0.3) is 0 Å². The molecule has 0 bridgehead atoms. The average Bonchev–Trinajstić information content (AvgIpc) is 3.10. The molecule has 142 valence electrons. The van der Waals surface area contributed by atoms with Crippen LogP contribution in [0, 0.1) is 5.82 Å². The van der Waals surface area contributed by atoms with Crippen molar-refractivity contribution < 1.29 is 19.0 Å². The summed E-state index contributed by atoms with van der Waals surface area (Å²) >= 11 is 0. The topological polar surface area (TPSA) is 69.1 Å². The van der Waals surface area contributed by atoms with Crippen molar-refractivity contribution in [2.75, 3.05) is 54.0 Å². The minimum Gasteiger partial charge on any atom is -0.441 e. The van der Waals surface area contributed by atoms with Crippen LogP contribution in [0.15, 0.2) is 42.6 Å². The maximum atomic E-state index is 14.7. The van der Waals surface area contributed by atoms with Crippen molar-refractivity contribution in [3.8, 4) is 0 Å². The summed E-state index contributed by atoms with van der Waals surface area (Å²) in [6, 6.07) is 10.6. The van der Waals surface area contributed by atoms with E-state index >= 15 is 0 Å². The third-order valence-electron chi connectivity index (χ3n) is 4.91. The van der Waals surface area contributed by atoms with E-state index in [4.69, 9.17) is 9.84 Å². The van der Waals surface area contributed by atoms with Gasteiger partial charge in [0.15, 0.2) is 0 Å². The predicted octanol–water partition coefficient (Wildman–Crippen LogP) is 1.86.